The Labute approximate surface area is 192 Å². The molecule has 1 aliphatic rings. The average molecular weight is 456 g/mol. The standard InChI is InChI=1S/C25H28O8/c1-18(26)16-22(27)30-14-9-15-31-23(28)21-17-25(33-32-24(21,2)29,19-10-5-3-6-11-19)20-12-7-4-8-13-20/h3-8,10-13,21,29H,9,14-17H2,1-2H3. The van der Waals surface area contributed by atoms with E-state index in [-0.39, 0.29) is 38.3 Å². The van der Waals surface area contributed by atoms with Crippen LogP contribution in [0.2, 0.25) is 0 Å². The predicted molar refractivity (Wildman–Crippen MR) is 116 cm³/mol. The molecular weight excluding hydrogens is 428 g/mol. The maximum absolute atomic E-state index is 12.9. The van der Waals surface area contributed by atoms with Crippen molar-refractivity contribution in [3.05, 3.63) is 71.8 Å². The number of carbonyl (C=O) groups excluding carboxylic acids is 3. The summed E-state index contributed by atoms with van der Waals surface area (Å²) in [5.41, 5.74) is 0.403. The van der Waals surface area contributed by atoms with Crippen LogP contribution in [0.1, 0.15) is 44.2 Å². The summed E-state index contributed by atoms with van der Waals surface area (Å²) in [7, 11) is 0. The van der Waals surface area contributed by atoms with Crippen LogP contribution in [-0.4, -0.2) is 41.8 Å². The highest BCUT2D eigenvalue weighted by molar-refractivity contribution is 5.94. The van der Waals surface area contributed by atoms with Gasteiger partial charge in [-0.25, -0.2) is 4.89 Å². The van der Waals surface area contributed by atoms with E-state index in [0.717, 1.165) is 11.1 Å². The quantitative estimate of drug-likeness (QED) is 0.265. The van der Waals surface area contributed by atoms with Gasteiger partial charge in [0.15, 0.2) is 5.60 Å². The van der Waals surface area contributed by atoms with Crippen molar-refractivity contribution in [2.45, 2.75) is 44.5 Å². The molecule has 176 valence electrons. The summed E-state index contributed by atoms with van der Waals surface area (Å²) in [6.07, 6.45) is 0.0493. The van der Waals surface area contributed by atoms with E-state index in [1.807, 2.05) is 60.7 Å². The summed E-state index contributed by atoms with van der Waals surface area (Å²) in [6.45, 7) is 2.64. The Morgan fingerprint density at radius 3 is 2.03 bits per heavy atom. The molecule has 2 atom stereocenters. The first-order chi connectivity index (χ1) is 15.7. The fraction of sp³-hybridized carbons (Fsp3) is 0.400. The van der Waals surface area contributed by atoms with Crippen LogP contribution < -0.4 is 0 Å². The second-order valence-electron chi connectivity index (χ2n) is 8.16. The molecule has 1 saturated heterocycles. The number of esters is 2. The first-order valence-corrected chi connectivity index (χ1v) is 10.8. The maximum atomic E-state index is 12.9. The van der Waals surface area contributed by atoms with Crippen LogP contribution in [0.25, 0.3) is 0 Å². The molecule has 0 bridgehead atoms. The smallest absolute Gasteiger partial charge is 0.314 e. The van der Waals surface area contributed by atoms with E-state index in [0.29, 0.717) is 0 Å². The summed E-state index contributed by atoms with van der Waals surface area (Å²) < 4.78 is 10.3. The van der Waals surface area contributed by atoms with E-state index < -0.39 is 29.2 Å². The third-order valence-corrected chi connectivity index (χ3v) is 5.44. The first kappa shape index (κ1) is 24.6. The summed E-state index contributed by atoms with van der Waals surface area (Å²) in [5.74, 6) is -4.52. The zero-order chi connectivity index (χ0) is 23.9. The molecule has 33 heavy (non-hydrogen) atoms. The fourth-order valence-electron chi connectivity index (χ4n) is 3.71. The molecule has 0 aliphatic carbocycles. The molecule has 1 heterocycles. The number of carbonyl (C=O) groups is 3. The van der Waals surface area contributed by atoms with Crippen LogP contribution in [0.5, 0.6) is 0 Å². The van der Waals surface area contributed by atoms with E-state index in [1.165, 1.54) is 13.8 Å². The van der Waals surface area contributed by atoms with Gasteiger partial charge >= 0.3 is 11.9 Å². The number of aliphatic hydroxyl groups is 1. The van der Waals surface area contributed by atoms with Crippen LogP contribution >= 0.6 is 0 Å². The monoisotopic (exact) mass is 456 g/mol. The minimum Gasteiger partial charge on any atom is -0.465 e. The van der Waals surface area contributed by atoms with Crippen molar-refractivity contribution in [3.63, 3.8) is 0 Å². The molecule has 1 N–H and O–H groups in total. The van der Waals surface area contributed by atoms with Gasteiger partial charge < -0.3 is 14.6 Å². The number of benzene rings is 2. The zero-order valence-corrected chi connectivity index (χ0v) is 18.7. The Kier molecular flexibility index (Phi) is 7.97. The second-order valence-corrected chi connectivity index (χ2v) is 8.16. The minimum absolute atomic E-state index is 0.0119. The number of Topliss-reactive ketones (excluding diaryl/α,β-unsaturated/α-hetero) is 1. The van der Waals surface area contributed by atoms with Gasteiger partial charge in [-0.15, -0.1) is 0 Å². The van der Waals surface area contributed by atoms with E-state index >= 15 is 0 Å². The van der Waals surface area contributed by atoms with Crippen LogP contribution in [0, 0.1) is 5.92 Å². The number of ether oxygens (including phenoxy) is 2. The molecule has 8 nitrogen and oxygen atoms in total. The second kappa shape index (κ2) is 10.7. The van der Waals surface area contributed by atoms with Gasteiger partial charge in [0.05, 0.1) is 13.2 Å². The largest absolute Gasteiger partial charge is 0.465 e. The molecule has 0 radical (unpaired) electrons. The van der Waals surface area contributed by atoms with Crippen LogP contribution in [-0.2, 0) is 39.2 Å². The molecule has 1 aliphatic heterocycles. The summed E-state index contributed by atoms with van der Waals surface area (Å²) in [5, 5.41) is 10.7. The van der Waals surface area contributed by atoms with Crippen molar-refractivity contribution in [1.82, 2.24) is 0 Å². The van der Waals surface area contributed by atoms with Crippen molar-refractivity contribution in [2.75, 3.05) is 13.2 Å². The van der Waals surface area contributed by atoms with Gasteiger partial charge in [0.25, 0.3) is 0 Å². The molecule has 0 saturated carbocycles. The number of rotatable bonds is 9. The summed E-state index contributed by atoms with van der Waals surface area (Å²) in [4.78, 5) is 46.4. The Morgan fingerprint density at radius 1 is 0.939 bits per heavy atom. The van der Waals surface area contributed by atoms with Crippen molar-refractivity contribution in [3.8, 4) is 0 Å². The SMILES string of the molecule is CC(=O)CC(=O)OCCCOC(=O)C1CC(c2ccccc2)(c2ccccc2)OOC1(C)O. The molecular formula is C25H28O8. The van der Waals surface area contributed by atoms with Gasteiger partial charge in [0, 0.05) is 12.8 Å². The van der Waals surface area contributed by atoms with Crippen molar-refractivity contribution >= 4 is 17.7 Å². The lowest BCUT2D eigenvalue weighted by molar-refractivity contribution is -0.489. The van der Waals surface area contributed by atoms with Crippen molar-refractivity contribution in [2.24, 2.45) is 5.92 Å². The Balaban J connectivity index is 1.71. The lowest BCUT2D eigenvalue weighted by Gasteiger charge is -2.45. The van der Waals surface area contributed by atoms with Gasteiger partial charge in [0.2, 0.25) is 5.79 Å². The highest BCUT2D eigenvalue weighted by Crippen LogP contribution is 2.47. The van der Waals surface area contributed by atoms with Crippen LogP contribution in [0.3, 0.4) is 0 Å². The van der Waals surface area contributed by atoms with Gasteiger partial charge in [-0.2, -0.15) is 4.89 Å². The minimum atomic E-state index is -1.90. The molecule has 3 rings (SSSR count). The van der Waals surface area contributed by atoms with Crippen molar-refractivity contribution < 1.29 is 38.7 Å². The first-order valence-electron chi connectivity index (χ1n) is 10.8. The van der Waals surface area contributed by atoms with Crippen LogP contribution in [0.15, 0.2) is 60.7 Å². The van der Waals surface area contributed by atoms with E-state index in [1.54, 1.807) is 0 Å². The molecule has 0 amide bonds. The Bertz CT molecular complexity index is 915. The van der Waals surface area contributed by atoms with Crippen molar-refractivity contribution in [1.29, 1.82) is 0 Å². The molecule has 2 unspecified atom stereocenters. The van der Waals surface area contributed by atoms with Crippen LogP contribution in [0.4, 0.5) is 0 Å². The molecule has 0 spiro atoms. The Hall–Kier alpha value is -3.07. The third-order valence-electron chi connectivity index (χ3n) is 5.44. The van der Waals surface area contributed by atoms with E-state index in [2.05, 4.69) is 0 Å². The maximum Gasteiger partial charge on any atom is 0.314 e. The van der Waals surface area contributed by atoms with Gasteiger partial charge in [-0.1, -0.05) is 60.7 Å². The molecule has 1 fully saturated rings. The third kappa shape index (κ3) is 6.04. The summed E-state index contributed by atoms with van der Waals surface area (Å²) in [6, 6.07) is 18.7. The topological polar surface area (TPSA) is 108 Å². The normalized spacial score (nSPS) is 21.7. The molecule has 2 aromatic carbocycles. The fourth-order valence-corrected chi connectivity index (χ4v) is 3.71. The van der Waals surface area contributed by atoms with Gasteiger partial charge in [-0.3, -0.25) is 14.4 Å². The molecule has 0 aromatic heterocycles. The lowest BCUT2D eigenvalue weighted by atomic mass is 9.76. The lowest BCUT2D eigenvalue weighted by Crippen LogP contribution is -2.53. The number of hydrogen-bond acceptors (Lipinski definition) is 8. The molecule has 2 aromatic rings. The van der Waals surface area contributed by atoms with Gasteiger partial charge in [0.1, 0.15) is 18.1 Å². The number of hydrogen-bond donors (Lipinski definition) is 1. The van der Waals surface area contributed by atoms with Gasteiger partial charge in [-0.05, 0) is 25.0 Å². The highest BCUT2D eigenvalue weighted by Gasteiger charge is 2.54. The number of ketones is 1. The average Bonchev–Trinajstić information content (AvgIpc) is 2.79. The Morgan fingerprint density at radius 2 is 1.48 bits per heavy atom. The highest BCUT2D eigenvalue weighted by atomic mass is 17.2. The van der Waals surface area contributed by atoms with E-state index in [9.17, 15) is 19.5 Å². The molecule has 8 heteroatoms. The van der Waals surface area contributed by atoms with E-state index in [4.69, 9.17) is 19.2 Å². The zero-order valence-electron chi connectivity index (χ0n) is 18.7. The predicted octanol–water partition coefficient (Wildman–Crippen LogP) is 3.06. The summed E-state index contributed by atoms with van der Waals surface area (Å²) >= 11 is 0.